The minimum Gasteiger partial charge on any atom is -0.343 e. The van der Waals surface area contributed by atoms with Crippen LogP contribution in [0.5, 0.6) is 0 Å². The highest BCUT2D eigenvalue weighted by Crippen LogP contribution is 2.38. The predicted octanol–water partition coefficient (Wildman–Crippen LogP) is 5.89. The maximum absolute atomic E-state index is 14.6. The number of piperidine rings is 2. The molecule has 0 aromatic heterocycles. The van der Waals surface area contributed by atoms with Gasteiger partial charge in [-0.15, -0.1) is 0 Å². The summed E-state index contributed by atoms with van der Waals surface area (Å²) in [6, 6.07) is 4.42. The Morgan fingerprint density at radius 3 is 1.91 bits per heavy atom. The molecule has 2 aromatic carbocycles. The Morgan fingerprint density at radius 2 is 1.40 bits per heavy atom. The standard InChI is InChI=1S/C30H32F7N3O3/c1-17-4-5-20(14-25(17)31)24-16-40(28(43)19-6-9-39(10-7-19)18(2)41)11-8-26(24)38(3)27(42)21-12-22(29(32,33)34)15-23(13-21)30(35,36)37/h4-5,12-15,19,24,26H,6-11,16H2,1-3H3. The van der Waals surface area contributed by atoms with Gasteiger partial charge in [0.15, 0.2) is 0 Å². The van der Waals surface area contributed by atoms with E-state index in [0.29, 0.717) is 49.2 Å². The Bertz CT molecular complexity index is 1350. The molecule has 0 bridgehead atoms. The van der Waals surface area contributed by atoms with Crippen molar-refractivity contribution in [3.8, 4) is 0 Å². The Labute approximate surface area is 244 Å². The second-order valence-electron chi connectivity index (χ2n) is 11.2. The van der Waals surface area contributed by atoms with Crippen molar-refractivity contribution in [3.63, 3.8) is 0 Å². The van der Waals surface area contributed by atoms with Crippen molar-refractivity contribution < 1.29 is 45.1 Å². The third kappa shape index (κ3) is 7.13. The van der Waals surface area contributed by atoms with Crippen molar-refractivity contribution in [3.05, 3.63) is 70.0 Å². The van der Waals surface area contributed by atoms with Crippen molar-refractivity contribution >= 4 is 17.7 Å². The van der Waals surface area contributed by atoms with E-state index in [0.717, 1.165) is 4.90 Å². The van der Waals surface area contributed by atoms with Crippen LogP contribution >= 0.6 is 0 Å². The number of rotatable bonds is 4. The summed E-state index contributed by atoms with van der Waals surface area (Å²) in [5.74, 6) is -2.83. The highest BCUT2D eigenvalue weighted by molar-refractivity contribution is 5.95. The number of alkyl halides is 6. The van der Waals surface area contributed by atoms with Crippen LogP contribution < -0.4 is 0 Å². The van der Waals surface area contributed by atoms with Crippen LogP contribution in [0.25, 0.3) is 0 Å². The van der Waals surface area contributed by atoms with Gasteiger partial charge in [0.1, 0.15) is 5.82 Å². The normalized spacial score (nSPS) is 20.2. The summed E-state index contributed by atoms with van der Waals surface area (Å²) in [4.78, 5) is 43.0. The average Bonchev–Trinajstić information content (AvgIpc) is 2.96. The van der Waals surface area contributed by atoms with E-state index in [2.05, 4.69) is 0 Å². The molecule has 2 aliphatic heterocycles. The number of likely N-dealkylation sites (tertiary alicyclic amines) is 2. The Hall–Kier alpha value is -3.64. The van der Waals surface area contributed by atoms with Gasteiger partial charge in [-0.1, -0.05) is 12.1 Å². The van der Waals surface area contributed by atoms with Gasteiger partial charge in [-0.3, -0.25) is 14.4 Å². The van der Waals surface area contributed by atoms with E-state index >= 15 is 0 Å². The zero-order valence-corrected chi connectivity index (χ0v) is 23.9. The fourth-order valence-corrected chi connectivity index (χ4v) is 5.90. The summed E-state index contributed by atoms with van der Waals surface area (Å²) < 4.78 is 95.4. The topological polar surface area (TPSA) is 60.9 Å². The number of aryl methyl sites for hydroxylation is 1. The third-order valence-electron chi connectivity index (χ3n) is 8.45. The molecule has 2 unspecified atom stereocenters. The van der Waals surface area contributed by atoms with Gasteiger partial charge in [0.05, 0.1) is 11.1 Å². The van der Waals surface area contributed by atoms with Gasteiger partial charge in [-0.2, -0.15) is 26.3 Å². The summed E-state index contributed by atoms with van der Waals surface area (Å²) >= 11 is 0. The Balaban J connectivity index is 1.63. The molecule has 4 rings (SSSR count). The van der Waals surface area contributed by atoms with Gasteiger partial charge < -0.3 is 14.7 Å². The summed E-state index contributed by atoms with van der Waals surface area (Å²) in [7, 11) is 1.28. The van der Waals surface area contributed by atoms with E-state index in [9.17, 15) is 45.1 Å². The molecule has 6 nitrogen and oxygen atoms in total. The van der Waals surface area contributed by atoms with Crippen LogP contribution in [0.4, 0.5) is 30.7 Å². The smallest absolute Gasteiger partial charge is 0.343 e. The monoisotopic (exact) mass is 615 g/mol. The molecule has 0 saturated carbocycles. The molecule has 2 aliphatic rings. The first-order chi connectivity index (χ1) is 20.0. The van der Waals surface area contributed by atoms with E-state index in [4.69, 9.17) is 0 Å². The number of hydrogen-bond acceptors (Lipinski definition) is 3. The third-order valence-corrected chi connectivity index (χ3v) is 8.45. The lowest BCUT2D eigenvalue weighted by Gasteiger charge is -2.44. The van der Waals surface area contributed by atoms with Crippen LogP contribution in [0.1, 0.15) is 64.7 Å². The number of likely N-dealkylation sites (N-methyl/N-ethyl adjacent to an activating group) is 1. The molecule has 13 heteroatoms. The number of halogens is 7. The van der Waals surface area contributed by atoms with E-state index in [1.54, 1.807) is 22.8 Å². The number of carbonyl (C=O) groups is 3. The first-order valence-electron chi connectivity index (χ1n) is 13.8. The number of carbonyl (C=O) groups excluding carboxylic acids is 3. The van der Waals surface area contributed by atoms with Gasteiger partial charge >= 0.3 is 12.4 Å². The molecule has 2 fully saturated rings. The van der Waals surface area contributed by atoms with E-state index in [-0.39, 0.29) is 43.3 Å². The van der Waals surface area contributed by atoms with E-state index < -0.39 is 52.7 Å². The number of benzene rings is 2. The Morgan fingerprint density at radius 1 is 0.837 bits per heavy atom. The minimum atomic E-state index is -5.12. The second-order valence-corrected chi connectivity index (χ2v) is 11.2. The first-order valence-corrected chi connectivity index (χ1v) is 13.8. The molecule has 2 atom stereocenters. The lowest BCUT2D eigenvalue weighted by molar-refractivity contribution is -0.143. The fourth-order valence-electron chi connectivity index (χ4n) is 5.90. The zero-order valence-electron chi connectivity index (χ0n) is 23.9. The molecular formula is C30H32F7N3O3. The lowest BCUT2D eigenvalue weighted by atomic mass is 9.83. The van der Waals surface area contributed by atoms with Gasteiger partial charge in [-0.25, -0.2) is 4.39 Å². The van der Waals surface area contributed by atoms with Crippen molar-refractivity contribution in [2.75, 3.05) is 33.2 Å². The summed E-state index contributed by atoms with van der Waals surface area (Å²) in [5, 5.41) is 0. The van der Waals surface area contributed by atoms with Crippen molar-refractivity contribution in [2.24, 2.45) is 5.92 Å². The van der Waals surface area contributed by atoms with Crippen LogP contribution in [0, 0.1) is 18.7 Å². The van der Waals surface area contributed by atoms with Crippen LogP contribution in [0.15, 0.2) is 36.4 Å². The summed E-state index contributed by atoms with van der Waals surface area (Å²) in [6.45, 7) is 4.12. The van der Waals surface area contributed by atoms with Gasteiger partial charge in [0.25, 0.3) is 5.91 Å². The molecule has 2 aromatic rings. The summed E-state index contributed by atoms with van der Waals surface area (Å²) in [6.07, 6.45) is -9.15. The highest BCUT2D eigenvalue weighted by Gasteiger charge is 2.41. The quantitative estimate of drug-likeness (QED) is 0.404. The van der Waals surface area contributed by atoms with Crippen molar-refractivity contribution in [2.45, 2.75) is 57.4 Å². The number of hydrogen-bond donors (Lipinski definition) is 0. The van der Waals surface area contributed by atoms with Crippen molar-refractivity contribution in [1.82, 2.24) is 14.7 Å². The molecule has 0 N–H and O–H groups in total. The van der Waals surface area contributed by atoms with E-state index in [1.807, 2.05) is 0 Å². The minimum absolute atomic E-state index is 0.0420. The van der Waals surface area contributed by atoms with Crippen LogP contribution in [-0.4, -0.2) is 71.7 Å². The number of nitrogens with zero attached hydrogens (tertiary/aromatic N) is 3. The van der Waals surface area contributed by atoms with Crippen LogP contribution in [0.3, 0.4) is 0 Å². The van der Waals surface area contributed by atoms with Gasteiger partial charge in [-0.05, 0) is 61.6 Å². The molecule has 43 heavy (non-hydrogen) atoms. The number of amides is 3. The maximum Gasteiger partial charge on any atom is 0.416 e. The molecule has 0 radical (unpaired) electrons. The molecule has 2 heterocycles. The lowest BCUT2D eigenvalue weighted by Crippen LogP contribution is -2.53. The largest absolute Gasteiger partial charge is 0.416 e. The summed E-state index contributed by atoms with van der Waals surface area (Å²) in [5.41, 5.74) is -3.19. The molecule has 0 spiro atoms. The van der Waals surface area contributed by atoms with E-state index in [1.165, 1.54) is 26.1 Å². The van der Waals surface area contributed by atoms with Gasteiger partial charge in [0, 0.05) is 63.6 Å². The van der Waals surface area contributed by atoms with Crippen molar-refractivity contribution in [1.29, 1.82) is 0 Å². The zero-order chi connectivity index (χ0) is 31.9. The molecular weight excluding hydrogens is 583 g/mol. The van der Waals surface area contributed by atoms with Crippen LogP contribution in [0.2, 0.25) is 0 Å². The molecule has 3 amide bonds. The second kappa shape index (κ2) is 12.2. The van der Waals surface area contributed by atoms with Gasteiger partial charge in [0.2, 0.25) is 11.8 Å². The fraction of sp³-hybridized carbons (Fsp3) is 0.500. The Kier molecular flexibility index (Phi) is 9.13. The van der Waals surface area contributed by atoms with Crippen LogP contribution in [-0.2, 0) is 21.9 Å². The average molecular weight is 616 g/mol. The predicted molar refractivity (Wildman–Crippen MR) is 142 cm³/mol. The SMILES string of the molecule is CC(=O)N1CCC(C(=O)N2CCC(N(C)C(=O)c3cc(C(F)(F)F)cc(C(F)(F)F)c3)C(c3ccc(C)c(F)c3)C2)CC1. The maximum atomic E-state index is 14.6. The molecule has 0 aliphatic carbocycles. The molecule has 2 saturated heterocycles. The molecule has 234 valence electrons. The first kappa shape index (κ1) is 32.3. The highest BCUT2D eigenvalue weighted by atomic mass is 19.4.